The van der Waals surface area contributed by atoms with Gasteiger partial charge in [-0.25, -0.2) is 38.4 Å². The van der Waals surface area contributed by atoms with Crippen LogP contribution in [0.2, 0.25) is 0 Å². The third-order valence-corrected chi connectivity index (χ3v) is 33.9. The molecule has 0 saturated heterocycles. The lowest BCUT2D eigenvalue weighted by atomic mass is 9.47. The minimum Gasteiger partial charge on any atom is -0.458 e. The van der Waals surface area contributed by atoms with Crippen molar-refractivity contribution in [1.82, 2.24) is 0 Å². The Morgan fingerprint density at radius 1 is 0.279 bits per heavy atom. The number of esters is 8. The van der Waals surface area contributed by atoms with Gasteiger partial charge in [-0.1, -0.05) is 214 Å². The Balaban J connectivity index is 0.000000158. The van der Waals surface area contributed by atoms with Crippen molar-refractivity contribution in [3.8, 4) is 0 Å². The van der Waals surface area contributed by atoms with Gasteiger partial charge in [0, 0.05) is 47.6 Å². The van der Waals surface area contributed by atoms with E-state index in [-0.39, 0.29) is 72.2 Å². The average Bonchev–Trinajstić information content (AvgIpc) is 0.743. The van der Waals surface area contributed by atoms with Gasteiger partial charge in [0.05, 0.1) is 0 Å². The van der Waals surface area contributed by atoms with Crippen molar-refractivity contribution in [2.24, 2.45) is 138 Å². The molecular weight excluding hydrogens is 1530 g/mol. The smallest absolute Gasteiger partial charge is 0.333 e. The fourth-order valence-electron chi connectivity index (χ4n) is 23.5. The van der Waals surface area contributed by atoms with Crippen LogP contribution in [0.4, 0.5) is 0 Å². The van der Waals surface area contributed by atoms with Crippen molar-refractivity contribution in [1.29, 1.82) is 0 Å². The van der Waals surface area contributed by atoms with E-state index in [9.17, 15) is 38.4 Å². The third kappa shape index (κ3) is 20.3. The van der Waals surface area contributed by atoms with Crippen LogP contribution >= 0.6 is 0 Å². The van der Waals surface area contributed by atoms with E-state index in [0.29, 0.717) is 152 Å². The molecule has 0 amide bonds. The summed E-state index contributed by atoms with van der Waals surface area (Å²) in [6.45, 7) is 85.9. The minimum atomic E-state index is -0.333. The van der Waals surface area contributed by atoms with Crippen molar-refractivity contribution in [2.75, 3.05) is 26.4 Å². The maximum Gasteiger partial charge on any atom is 0.333 e. The first kappa shape index (κ1) is 97.4. The van der Waals surface area contributed by atoms with Gasteiger partial charge in [-0.3, -0.25) is 0 Å². The number of rotatable bonds is 20. The zero-order valence-corrected chi connectivity index (χ0v) is 77.5. The van der Waals surface area contributed by atoms with Gasteiger partial charge in [0.1, 0.15) is 50.8 Å². The van der Waals surface area contributed by atoms with Crippen LogP contribution in [0.15, 0.2) is 195 Å². The molecule has 24 rings (SSSR count). The third-order valence-electron chi connectivity index (χ3n) is 33.9. The van der Waals surface area contributed by atoms with E-state index in [0.717, 1.165) is 97.3 Å². The molecule has 16 saturated carbocycles. The molecule has 16 nitrogen and oxygen atoms in total. The molecule has 0 unspecified atom stereocenters. The van der Waals surface area contributed by atoms with Gasteiger partial charge in [0.15, 0.2) is 0 Å². The van der Waals surface area contributed by atoms with Crippen LogP contribution in [-0.2, 0) is 76.3 Å². The van der Waals surface area contributed by atoms with E-state index in [4.69, 9.17) is 37.9 Å². The summed E-state index contributed by atoms with van der Waals surface area (Å²) in [6.07, 6.45) is 34.2. The van der Waals surface area contributed by atoms with Crippen molar-refractivity contribution in [3.63, 3.8) is 0 Å². The van der Waals surface area contributed by atoms with Crippen molar-refractivity contribution in [2.45, 2.75) is 252 Å². The standard InChI is InChI=1S/2C14H20O2.6C13H18O2/c2*1-8(2)13(15)16-12-7-10-6-11(9(12)3)14(10,4)5;2*1-5-12(14)15-11-7-9-6-10(8(11)2)13(9,3)4;4*1-4-12(14)15-8-9-5-6-10-7-11(9)13(10,2)3/h2*10-12H,1,3,6-7H2,2,4-5H3;2*5,9-11H,1-2,6-7H2,3-4H3;4*4-5,10-11H,1,6-8H2,2-3H3/t2*10-,11+,12-;2*9-,10+,11-;4*10-,11-/m10101100/s1. The highest BCUT2D eigenvalue weighted by molar-refractivity contribution is 5.88. The molecule has 16 bridgehead atoms. The summed E-state index contributed by atoms with van der Waals surface area (Å²) in [7, 11) is 0. The second-order valence-electron chi connectivity index (χ2n) is 42.6. The molecule has 0 aromatic carbocycles. The molecule has 20 atom stereocenters. The highest BCUT2D eigenvalue weighted by atomic mass is 16.6. The van der Waals surface area contributed by atoms with Crippen LogP contribution < -0.4 is 0 Å². The molecule has 0 N–H and O–H groups in total. The lowest BCUT2D eigenvalue weighted by molar-refractivity contribution is -0.152. The quantitative estimate of drug-likeness (QED) is 0.0480. The zero-order valence-electron chi connectivity index (χ0n) is 77.5. The Kier molecular flexibility index (Phi) is 30.5. The Morgan fingerprint density at radius 2 is 0.451 bits per heavy atom. The molecule has 0 aromatic rings. The molecule has 16 fully saturated rings. The van der Waals surface area contributed by atoms with E-state index in [1.165, 1.54) is 110 Å². The van der Waals surface area contributed by atoms with Gasteiger partial charge in [0.25, 0.3) is 0 Å². The van der Waals surface area contributed by atoms with Gasteiger partial charge in [-0.15, -0.1) is 0 Å². The largest absolute Gasteiger partial charge is 0.458 e. The summed E-state index contributed by atoms with van der Waals surface area (Å²) in [5.74, 6) is 8.08. The Hall–Kier alpha value is -8.40. The summed E-state index contributed by atoms with van der Waals surface area (Å²) >= 11 is 0. The summed E-state index contributed by atoms with van der Waals surface area (Å²) < 4.78 is 41.8. The summed E-state index contributed by atoms with van der Waals surface area (Å²) in [5, 5.41) is 0. The number of ether oxygens (including phenoxy) is 8. The summed E-state index contributed by atoms with van der Waals surface area (Å²) in [5.41, 5.74) is 13.6. The molecule has 0 radical (unpaired) electrons. The first-order chi connectivity index (χ1) is 56.8. The van der Waals surface area contributed by atoms with Gasteiger partial charge < -0.3 is 37.9 Å². The average molecular weight is 1680 g/mol. The molecule has 122 heavy (non-hydrogen) atoms. The Morgan fingerprint density at radius 3 is 0.598 bits per heavy atom. The highest BCUT2D eigenvalue weighted by Crippen LogP contribution is 2.67. The van der Waals surface area contributed by atoms with Crippen LogP contribution in [0.3, 0.4) is 0 Å². The van der Waals surface area contributed by atoms with Crippen molar-refractivity contribution in [3.05, 3.63) is 195 Å². The van der Waals surface area contributed by atoms with Crippen LogP contribution in [0.5, 0.6) is 0 Å². The lowest BCUT2D eigenvalue weighted by Crippen LogP contribution is -2.54. The fourth-order valence-corrected chi connectivity index (χ4v) is 23.5. The SMILES string of the molecule is C=C(C)C(=O)O[C@@H]1C[C@H]2C[C@@H](C1=C)C2(C)C.C=C(C)C(=O)O[C@H]1C[C@@H]2C[C@H](C1=C)C2(C)C.C=CC(=O)OCC1=CC[C@@H]2C[C@H]1C2(C)C.C=CC(=O)OCC1=CC[C@@H]2C[C@H]1C2(C)C.C=CC(=O)OCC1=CC[C@H]2C[C@@H]1C2(C)C.C=CC(=O)OCC1=CC[C@H]2C[C@@H]1C2(C)C.C=CC(=O)O[C@@H]1C[C@H]2C[C@@H](C1=C)C2(C)C.C=CC(=O)O[C@H]1C[C@@H]2C[C@H](C1=C)C2(C)C. The number of hydrogen-bond acceptors (Lipinski definition) is 16. The van der Waals surface area contributed by atoms with E-state index in [2.05, 4.69) is 214 Å². The molecular formula is C106H148O16. The number of carbonyl (C=O) groups is 8. The van der Waals surface area contributed by atoms with E-state index in [1.807, 2.05) is 0 Å². The van der Waals surface area contributed by atoms with Crippen molar-refractivity contribution >= 4 is 47.8 Å². The Bertz CT molecular complexity index is 3900. The predicted molar refractivity (Wildman–Crippen MR) is 483 cm³/mol. The molecule has 16 heteroatoms. The van der Waals surface area contributed by atoms with Gasteiger partial charge >= 0.3 is 47.8 Å². The van der Waals surface area contributed by atoms with E-state index < -0.39 is 0 Å². The Labute approximate surface area is 731 Å². The summed E-state index contributed by atoms with van der Waals surface area (Å²) in [4.78, 5) is 89.1. The molecule has 668 valence electrons. The van der Waals surface area contributed by atoms with Crippen LogP contribution in [0.1, 0.15) is 227 Å². The lowest BCUT2D eigenvalue weighted by Gasteiger charge is -2.59. The second-order valence-corrected chi connectivity index (χ2v) is 42.6. The monoisotopic (exact) mass is 1680 g/mol. The first-order valence-electron chi connectivity index (χ1n) is 44.9. The van der Waals surface area contributed by atoms with Crippen LogP contribution in [0.25, 0.3) is 0 Å². The van der Waals surface area contributed by atoms with Gasteiger partial charge in [-0.2, -0.15) is 0 Å². The molecule has 0 heterocycles. The second kappa shape index (κ2) is 38.2. The van der Waals surface area contributed by atoms with Gasteiger partial charge in [0.2, 0.25) is 0 Å². The predicted octanol–water partition coefficient (Wildman–Crippen LogP) is 22.4. The molecule has 0 aromatic heterocycles. The zero-order chi connectivity index (χ0) is 90.8. The maximum absolute atomic E-state index is 11.5. The topological polar surface area (TPSA) is 210 Å². The number of allylic oxidation sites excluding steroid dienone is 4. The molecule has 0 spiro atoms. The molecule has 24 aliphatic rings. The highest BCUT2D eigenvalue weighted by Gasteiger charge is 2.61. The summed E-state index contributed by atoms with van der Waals surface area (Å²) in [6, 6.07) is 0. The van der Waals surface area contributed by atoms with Gasteiger partial charge in [-0.05, 0) is 299 Å². The maximum atomic E-state index is 11.5. The minimum absolute atomic E-state index is 0.0766. The first-order valence-corrected chi connectivity index (χ1v) is 44.9. The normalized spacial score (nSPS) is 33.6. The van der Waals surface area contributed by atoms with Crippen molar-refractivity contribution < 1.29 is 76.3 Å². The van der Waals surface area contributed by atoms with E-state index >= 15 is 0 Å². The molecule has 24 aliphatic carbocycles. The fraction of sp³-hybridized carbons (Fsp3) is 0.623. The van der Waals surface area contributed by atoms with Crippen LogP contribution in [-0.4, -0.2) is 98.6 Å². The number of carbonyl (C=O) groups excluding carboxylic acids is 8. The number of fused-ring (bicyclic) bond motifs is 12. The van der Waals surface area contributed by atoms with Crippen LogP contribution in [0, 0.1) is 138 Å². The number of hydrogen-bond donors (Lipinski definition) is 0. The van der Waals surface area contributed by atoms with E-state index in [1.54, 1.807) is 13.8 Å². The molecule has 0 aliphatic heterocycles.